The molecule has 2 aliphatic rings. The van der Waals surface area contributed by atoms with Crippen molar-refractivity contribution in [3.63, 3.8) is 0 Å². The van der Waals surface area contributed by atoms with E-state index in [9.17, 15) is 0 Å². The Bertz CT molecular complexity index is 223. The lowest BCUT2D eigenvalue weighted by Crippen LogP contribution is -2.63. The van der Waals surface area contributed by atoms with Gasteiger partial charge in [-0.05, 0) is 56.5 Å². The van der Waals surface area contributed by atoms with Crippen LogP contribution in [0.1, 0.15) is 46.5 Å². The largest absolute Gasteiger partial charge is 0.329 e. The summed E-state index contributed by atoms with van der Waals surface area (Å²) in [4.78, 5) is 2.70. The van der Waals surface area contributed by atoms with Crippen molar-refractivity contribution in [2.24, 2.45) is 23.5 Å². The second-order valence-electron chi connectivity index (χ2n) is 6.51. The molecule has 16 heavy (non-hydrogen) atoms. The van der Waals surface area contributed by atoms with E-state index in [0.29, 0.717) is 5.54 Å². The second-order valence-corrected chi connectivity index (χ2v) is 6.51. The van der Waals surface area contributed by atoms with Gasteiger partial charge in [-0.2, -0.15) is 0 Å². The summed E-state index contributed by atoms with van der Waals surface area (Å²) in [5, 5.41) is 0. The summed E-state index contributed by atoms with van der Waals surface area (Å²) in [5.41, 5.74) is 6.44. The first-order valence-electron chi connectivity index (χ1n) is 7.02. The fourth-order valence-corrected chi connectivity index (χ4v) is 3.42. The van der Waals surface area contributed by atoms with Crippen LogP contribution >= 0.6 is 0 Å². The number of piperidine rings is 1. The maximum absolute atomic E-state index is 6.05. The number of hydrogen-bond acceptors (Lipinski definition) is 2. The quantitative estimate of drug-likeness (QED) is 0.798. The molecule has 0 radical (unpaired) electrons. The number of hydrogen-bond donors (Lipinski definition) is 1. The van der Waals surface area contributed by atoms with Crippen molar-refractivity contribution in [3.05, 3.63) is 0 Å². The molecule has 0 aromatic carbocycles. The third-order valence-corrected chi connectivity index (χ3v) is 5.06. The molecule has 1 aliphatic heterocycles. The SMILES string of the molecule is CC1CCN(C2(CN)CC(C(C)C)C2)CC1. The summed E-state index contributed by atoms with van der Waals surface area (Å²) in [5.74, 6) is 2.68. The molecule has 2 N–H and O–H groups in total. The van der Waals surface area contributed by atoms with Crippen LogP contribution in [0.25, 0.3) is 0 Å². The van der Waals surface area contributed by atoms with Crippen molar-refractivity contribution in [2.45, 2.75) is 52.0 Å². The van der Waals surface area contributed by atoms with Gasteiger partial charge in [0.1, 0.15) is 0 Å². The number of nitrogens with zero attached hydrogens (tertiary/aromatic N) is 1. The average molecular weight is 224 g/mol. The van der Waals surface area contributed by atoms with E-state index in [-0.39, 0.29) is 0 Å². The zero-order chi connectivity index (χ0) is 11.8. The van der Waals surface area contributed by atoms with E-state index in [2.05, 4.69) is 25.7 Å². The first-order valence-corrected chi connectivity index (χ1v) is 7.02. The predicted octanol–water partition coefficient (Wildman–Crippen LogP) is 2.48. The maximum Gasteiger partial charge on any atom is 0.0337 e. The highest BCUT2D eigenvalue weighted by Gasteiger charge is 2.48. The third kappa shape index (κ3) is 2.14. The molecule has 1 saturated heterocycles. The molecule has 1 saturated carbocycles. The molecule has 2 rings (SSSR count). The summed E-state index contributed by atoms with van der Waals surface area (Å²) in [6, 6.07) is 0. The monoisotopic (exact) mass is 224 g/mol. The summed E-state index contributed by atoms with van der Waals surface area (Å²) in [6.07, 6.45) is 5.42. The average Bonchev–Trinajstić information content (AvgIpc) is 2.19. The van der Waals surface area contributed by atoms with Crippen molar-refractivity contribution in [1.82, 2.24) is 4.90 Å². The Kier molecular flexibility index (Phi) is 3.60. The van der Waals surface area contributed by atoms with E-state index < -0.39 is 0 Å². The lowest BCUT2D eigenvalue weighted by atomic mass is 9.62. The summed E-state index contributed by atoms with van der Waals surface area (Å²) >= 11 is 0. The minimum Gasteiger partial charge on any atom is -0.329 e. The maximum atomic E-state index is 6.05. The molecular formula is C14H28N2. The highest BCUT2D eigenvalue weighted by molar-refractivity contribution is 5.04. The molecule has 0 bridgehead atoms. The van der Waals surface area contributed by atoms with E-state index in [4.69, 9.17) is 5.73 Å². The van der Waals surface area contributed by atoms with Gasteiger partial charge >= 0.3 is 0 Å². The van der Waals surface area contributed by atoms with Gasteiger partial charge in [-0.15, -0.1) is 0 Å². The normalized spacial score (nSPS) is 37.7. The van der Waals surface area contributed by atoms with Gasteiger partial charge in [0.2, 0.25) is 0 Å². The minimum absolute atomic E-state index is 0.384. The molecule has 2 nitrogen and oxygen atoms in total. The molecule has 0 aromatic rings. The van der Waals surface area contributed by atoms with Gasteiger partial charge in [0.25, 0.3) is 0 Å². The highest BCUT2D eigenvalue weighted by Crippen LogP contribution is 2.46. The van der Waals surface area contributed by atoms with Gasteiger partial charge in [0.15, 0.2) is 0 Å². The van der Waals surface area contributed by atoms with Crippen molar-refractivity contribution >= 4 is 0 Å². The van der Waals surface area contributed by atoms with Crippen LogP contribution in [-0.2, 0) is 0 Å². The Morgan fingerprint density at radius 3 is 2.25 bits per heavy atom. The van der Waals surface area contributed by atoms with Gasteiger partial charge in [0, 0.05) is 12.1 Å². The van der Waals surface area contributed by atoms with Crippen LogP contribution in [0.4, 0.5) is 0 Å². The molecule has 1 heterocycles. The highest BCUT2D eigenvalue weighted by atomic mass is 15.2. The van der Waals surface area contributed by atoms with Crippen molar-refractivity contribution in [1.29, 1.82) is 0 Å². The van der Waals surface area contributed by atoms with Crippen LogP contribution < -0.4 is 5.73 Å². The van der Waals surface area contributed by atoms with E-state index in [1.807, 2.05) is 0 Å². The van der Waals surface area contributed by atoms with Gasteiger partial charge in [-0.3, -0.25) is 4.90 Å². The Balaban J connectivity index is 1.91. The number of nitrogens with two attached hydrogens (primary N) is 1. The van der Waals surface area contributed by atoms with Gasteiger partial charge < -0.3 is 5.73 Å². The van der Waals surface area contributed by atoms with Crippen LogP contribution in [0, 0.1) is 17.8 Å². The van der Waals surface area contributed by atoms with Crippen molar-refractivity contribution in [3.8, 4) is 0 Å². The minimum atomic E-state index is 0.384. The number of likely N-dealkylation sites (tertiary alicyclic amines) is 1. The molecule has 2 heteroatoms. The smallest absolute Gasteiger partial charge is 0.0337 e. The third-order valence-electron chi connectivity index (χ3n) is 5.06. The molecule has 0 unspecified atom stereocenters. The summed E-state index contributed by atoms with van der Waals surface area (Å²) in [7, 11) is 0. The fraction of sp³-hybridized carbons (Fsp3) is 1.00. The number of rotatable bonds is 3. The summed E-state index contributed by atoms with van der Waals surface area (Å²) < 4.78 is 0. The standard InChI is InChI=1S/C14H28N2/c1-11(2)13-8-14(9-13,10-15)16-6-4-12(3)5-7-16/h11-13H,4-10,15H2,1-3H3. The summed E-state index contributed by atoms with van der Waals surface area (Å²) in [6.45, 7) is 10.5. The molecule has 0 atom stereocenters. The molecule has 0 aromatic heterocycles. The topological polar surface area (TPSA) is 29.3 Å². The van der Waals surface area contributed by atoms with Gasteiger partial charge in [0.05, 0.1) is 0 Å². The van der Waals surface area contributed by atoms with Crippen LogP contribution in [0.5, 0.6) is 0 Å². The molecule has 1 aliphatic carbocycles. The van der Waals surface area contributed by atoms with Crippen LogP contribution in [-0.4, -0.2) is 30.1 Å². The fourth-order valence-electron chi connectivity index (χ4n) is 3.42. The molecule has 2 fully saturated rings. The van der Waals surface area contributed by atoms with Crippen LogP contribution in [0.15, 0.2) is 0 Å². The predicted molar refractivity (Wildman–Crippen MR) is 69.3 cm³/mol. The lowest BCUT2D eigenvalue weighted by molar-refractivity contribution is -0.0501. The Labute approximate surface area is 101 Å². The van der Waals surface area contributed by atoms with Crippen molar-refractivity contribution < 1.29 is 0 Å². The Morgan fingerprint density at radius 1 is 1.25 bits per heavy atom. The lowest BCUT2D eigenvalue weighted by Gasteiger charge is -2.57. The van der Waals surface area contributed by atoms with E-state index in [1.54, 1.807) is 0 Å². The molecule has 0 amide bonds. The Morgan fingerprint density at radius 2 is 1.81 bits per heavy atom. The van der Waals surface area contributed by atoms with Crippen molar-refractivity contribution in [2.75, 3.05) is 19.6 Å². The second kappa shape index (κ2) is 4.66. The first-order chi connectivity index (χ1) is 7.57. The van der Waals surface area contributed by atoms with E-state index in [1.165, 1.54) is 38.8 Å². The first kappa shape index (κ1) is 12.4. The van der Waals surface area contributed by atoms with E-state index >= 15 is 0 Å². The molecule has 94 valence electrons. The van der Waals surface area contributed by atoms with Gasteiger partial charge in [-0.25, -0.2) is 0 Å². The van der Waals surface area contributed by atoms with E-state index in [0.717, 1.165) is 24.3 Å². The molecular weight excluding hydrogens is 196 g/mol. The van der Waals surface area contributed by atoms with Gasteiger partial charge in [-0.1, -0.05) is 20.8 Å². The zero-order valence-electron chi connectivity index (χ0n) is 11.2. The molecule has 0 spiro atoms. The van der Waals surface area contributed by atoms with Crippen LogP contribution in [0.3, 0.4) is 0 Å². The zero-order valence-corrected chi connectivity index (χ0v) is 11.2. The van der Waals surface area contributed by atoms with Crippen LogP contribution in [0.2, 0.25) is 0 Å². The Hall–Kier alpha value is -0.0800.